The minimum Gasteiger partial charge on any atom is -0.351 e. The van der Waals surface area contributed by atoms with Gasteiger partial charge in [0.25, 0.3) is 5.91 Å². The van der Waals surface area contributed by atoms with Crippen LogP contribution in [0.2, 0.25) is 0 Å². The molecule has 0 aliphatic carbocycles. The summed E-state index contributed by atoms with van der Waals surface area (Å²) in [6, 6.07) is 8.14. The summed E-state index contributed by atoms with van der Waals surface area (Å²) in [5.41, 5.74) is 3.14. The van der Waals surface area contributed by atoms with E-state index in [-0.39, 0.29) is 11.3 Å². The summed E-state index contributed by atoms with van der Waals surface area (Å²) in [6.45, 7) is 7.04. The number of carbonyl (C=O) groups excluding carboxylic acids is 1. The lowest BCUT2D eigenvalue weighted by molar-refractivity contribution is 0.0948. The van der Waals surface area contributed by atoms with Gasteiger partial charge >= 0.3 is 0 Å². The Labute approximate surface area is 128 Å². The highest BCUT2D eigenvalue weighted by molar-refractivity contribution is 7.17. The van der Waals surface area contributed by atoms with Gasteiger partial charge in [0, 0.05) is 12.2 Å². The Kier molecular flexibility index (Phi) is 3.45. The van der Waals surface area contributed by atoms with E-state index in [4.69, 9.17) is 0 Å². The first kappa shape index (κ1) is 14.1. The molecular weight excluding hydrogens is 282 g/mol. The van der Waals surface area contributed by atoms with Gasteiger partial charge in [0.05, 0.1) is 5.69 Å². The Balaban J connectivity index is 1.88. The molecule has 0 spiro atoms. The Hall–Kier alpha value is -1.88. The molecule has 0 radical (unpaired) electrons. The predicted molar refractivity (Wildman–Crippen MR) is 86.4 cm³/mol. The minimum absolute atomic E-state index is 0.00923. The quantitative estimate of drug-likeness (QED) is 0.892. The molecule has 0 saturated carbocycles. The van der Waals surface area contributed by atoms with Crippen LogP contribution in [0.25, 0.3) is 0 Å². The van der Waals surface area contributed by atoms with Gasteiger partial charge in [0.1, 0.15) is 4.88 Å². The number of amides is 1. The molecule has 0 unspecified atom stereocenters. The van der Waals surface area contributed by atoms with Gasteiger partial charge in [-0.3, -0.25) is 4.79 Å². The number of aromatic nitrogens is 1. The van der Waals surface area contributed by atoms with Crippen molar-refractivity contribution in [3.8, 4) is 0 Å². The van der Waals surface area contributed by atoms with E-state index < -0.39 is 0 Å². The molecule has 1 aliphatic heterocycles. The average Bonchev–Trinajstić information content (AvgIpc) is 2.76. The zero-order valence-corrected chi connectivity index (χ0v) is 13.3. The standard InChI is InChI=1S/C16H19N3OS/c1-10-4-6-11(7-5-10)18-15-19-12-8-16(2,3)9-17-14(20)13(12)21-15/h4-7H,8-9H2,1-3H3,(H,17,20)(H,18,19). The fourth-order valence-corrected chi connectivity index (χ4v) is 3.30. The molecule has 0 fully saturated rings. The summed E-state index contributed by atoms with van der Waals surface area (Å²) < 4.78 is 0. The summed E-state index contributed by atoms with van der Waals surface area (Å²) in [7, 11) is 0. The molecule has 2 N–H and O–H groups in total. The zero-order chi connectivity index (χ0) is 15.0. The maximum absolute atomic E-state index is 12.1. The number of rotatable bonds is 2. The fraction of sp³-hybridized carbons (Fsp3) is 0.375. The van der Waals surface area contributed by atoms with Crippen molar-refractivity contribution in [1.29, 1.82) is 0 Å². The highest BCUT2D eigenvalue weighted by Crippen LogP contribution is 2.32. The summed E-state index contributed by atoms with van der Waals surface area (Å²) in [5, 5.41) is 7.04. The topological polar surface area (TPSA) is 54.0 Å². The van der Waals surface area contributed by atoms with Crippen molar-refractivity contribution < 1.29 is 4.79 Å². The van der Waals surface area contributed by atoms with Crippen LogP contribution >= 0.6 is 11.3 Å². The van der Waals surface area contributed by atoms with Crippen molar-refractivity contribution in [2.45, 2.75) is 27.2 Å². The molecule has 1 aliphatic rings. The van der Waals surface area contributed by atoms with Crippen LogP contribution in [0.5, 0.6) is 0 Å². The molecule has 1 amide bonds. The number of hydrogen-bond acceptors (Lipinski definition) is 4. The maximum atomic E-state index is 12.1. The lowest BCUT2D eigenvalue weighted by Crippen LogP contribution is -2.31. The van der Waals surface area contributed by atoms with E-state index in [1.807, 2.05) is 12.1 Å². The molecule has 4 nitrogen and oxygen atoms in total. The van der Waals surface area contributed by atoms with Crippen molar-refractivity contribution in [3.63, 3.8) is 0 Å². The Morgan fingerprint density at radius 3 is 2.71 bits per heavy atom. The third kappa shape index (κ3) is 3.08. The normalized spacial score (nSPS) is 16.8. The fourth-order valence-electron chi connectivity index (χ4n) is 2.38. The Morgan fingerprint density at radius 2 is 2.00 bits per heavy atom. The molecule has 110 valence electrons. The SMILES string of the molecule is Cc1ccc(Nc2nc3c(s2)C(=O)NCC(C)(C)C3)cc1. The number of nitrogens with zero attached hydrogens (tertiary/aromatic N) is 1. The van der Waals surface area contributed by atoms with Crippen molar-refractivity contribution in [2.24, 2.45) is 5.41 Å². The molecular formula is C16H19N3OS. The smallest absolute Gasteiger partial charge is 0.263 e. The number of nitrogens with one attached hydrogen (secondary N) is 2. The van der Waals surface area contributed by atoms with Gasteiger partial charge in [0.15, 0.2) is 5.13 Å². The Morgan fingerprint density at radius 1 is 1.29 bits per heavy atom. The predicted octanol–water partition coefficient (Wildman–Crippen LogP) is 3.51. The third-order valence-electron chi connectivity index (χ3n) is 3.58. The summed E-state index contributed by atoms with van der Waals surface area (Å²) in [6.07, 6.45) is 0.813. The first-order valence-electron chi connectivity index (χ1n) is 7.05. The van der Waals surface area contributed by atoms with Crippen LogP contribution in [0, 0.1) is 12.3 Å². The van der Waals surface area contributed by atoms with Crippen molar-refractivity contribution in [3.05, 3.63) is 40.4 Å². The molecule has 2 aromatic rings. The van der Waals surface area contributed by atoms with Crippen LogP contribution in [-0.4, -0.2) is 17.4 Å². The molecule has 2 heterocycles. The van der Waals surface area contributed by atoms with Crippen LogP contribution in [0.15, 0.2) is 24.3 Å². The van der Waals surface area contributed by atoms with E-state index in [1.54, 1.807) is 0 Å². The number of benzene rings is 1. The van der Waals surface area contributed by atoms with Crippen LogP contribution in [0.1, 0.15) is 34.8 Å². The van der Waals surface area contributed by atoms with Crippen molar-refractivity contribution in [2.75, 3.05) is 11.9 Å². The van der Waals surface area contributed by atoms with E-state index in [0.29, 0.717) is 6.54 Å². The molecule has 0 atom stereocenters. The van der Waals surface area contributed by atoms with Crippen LogP contribution in [-0.2, 0) is 6.42 Å². The highest BCUT2D eigenvalue weighted by Gasteiger charge is 2.30. The number of thiazole rings is 1. The monoisotopic (exact) mass is 301 g/mol. The van der Waals surface area contributed by atoms with Crippen molar-refractivity contribution >= 4 is 28.1 Å². The number of carbonyl (C=O) groups is 1. The molecule has 0 bridgehead atoms. The minimum atomic E-state index is -0.00923. The summed E-state index contributed by atoms with van der Waals surface area (Å²) >= 11 is 1.42. The highest BCUT2D eigenvalue weighted by atomic mass is 32.1. The van der Waals surface area contributed by atoms with Gasteiger partial charge in [-0.2, -0.15) is 0 Å². The van der Waals surface area contributed by atoms with Crippen LogP contribution in [0.4, 0.5) is 10.8 Å². The lowest BCUT2D eigenvalue weighted by atomic mass is 9.88. The Bertz CT molecular complexity index is 673. The second-order valence-corrected chi connectivity index (χ2v) is 7.31. The first-order valence-corrected chi connectivity index (χ1v) is 7.86. The first-order chi connectivity index (χ1) is 9.93. The van der Waals surface area contributed by atoms with E-state index in [2.05, 4.69) is 48.5 Å². The number of fused-ring (bicyclic) bond motifs is 1. The molecule has 3 rings (SSSR count). The number of hydrogen-bond donors (Lipinski definition) is 2. The molecule has 5 heteroatoms. The average molecular weight is 301 g/mol. The lowest BCUT2D eigenvalue weighted by Gasteiger charge is -2.21. The second-order valence-electron chi connectivity index (χ2n) is 6.31. The zero-order valence-electron chi connectivity index (χ0n) is 12.5. The van der Waals surface area contributed by atoms with E-state index in [9.17, 15) is 4.79 Å². The van der Waals surface area contributed by atoms with Gasteiger partial charge < -0.3 is 10.6 Å². The number of anilines is 2. The molecule has 1 aromatic heterocycles. The van der Waals surface area contributed by atoms with E-state index in [0.717, 1.165) is 27.8 Å². The van der Waals surface area contributed by atoms with E-state index in [1.165, 1.54) is 16.9 Å². The maximum Gasteiger partial charge on any atom is 0.263 e. The molecule has 21 heavy (non-hydrogen) atoms. The molecule has 1 aromatic carbocycles. The van der Waals surface area contributed by atoms with Gasteiger partial charge in [-0.1, -0.05) is 42.9 Å². The summed E-state index contributed by atoms with van der Waals surface area (Å²) in [4.78, 5) is 17.5. The van der Waals surface area contributed by atoms with Crippen molar-refractivity contribution in [1.82, 2.24) is 10.3 Å². The summed E-state index contributed by atoms with van der Waals surface area (Å²) in [5.74, 6) is -0.00923. The van der Waals surface area contributed by atoms with Crippen LogP contribution < -0.4 is 10.6 Å². The van der Waals surface area contributed by atoms with Gasteiger partial charge in [-0.05, 0) is 30.9 Å². The van der Waals surface area contributed by atoms with E-state index >= 15 is 0 Å². The largest absolute Gasteiger partial charge is 0.351 e. The second kappa shape index (κ2) is 5.15. The van der Waals surface area contributed by atoms with Crippen LogP contribution in [0.3, 0.4) is 0 Å². The number of aryl methyl sites for hydroxylation is 1. The van der Waals surface area contributed by atoms with Gasteiger partial charge in [-0.25, -0.2) is 4.98 Å². The van der Waals surface area contributed by atoms with Gasteiger partial charge in [-0.15, -0.1) is 0 Å². The van der Waals surface area contributed by atoms with Gasteiger partial charge in [0.2, 0.25) is 0 Å². The molecule has 0 saturated heterocycles. The third-order valence-corrected chi connectivity index (χ3v) is 4.59.